The number of halogens is 3. The minimum absolute atomic E-state index is 0.00794. The van der Waals surface area contributed by atoms with E-state index in [1.807, 2.05) is 0 Å². The second kappa shape index (κ2) is 5.63. The first-order valence-corrected chi connectivity index (χ1v) is 6.49. The Labute approximate surface area is 122 Å². The highest BCUT2D eigenvalue weighted by atomic mass is 79.9. The minimum atomic E-state index is -0.501. The Kier molecular flexibility index (Phi) is 4.11. The third-order valence-electron chi connectivity index (χ3n) is 2.44. The smallest absolute Gasteiger partial charge is 0.137 e. The molecule has 2 rings (SSSR count). The monoisotopic (exact) mass is 342 g/mol. The Hall–Kier alpha value is -1.53. The minimum Gasteiger partial charge on any atom is -0.389 e. The van der Waals surface area contributed by atoms with Crippen LogP contribution in [0.25, 0.3) is 0 Å². The molecule has 0 fully saturated rings. The van der Waals surface area contributed by atoms with Crippen molar-refractivity contribution in [2.75, 3.05) is 5.32 Å². The topological polar surface area (TPSA) is 38.0 Å². The summed E-state index contributed by atoms with van der Waals surface area (Å²) in [5.74, 6) is -0.862. The number of rotatable bonds is 3. The van der Waals surface area contributed by atoms with E-state index in [1.165, 1.54) is 18.2 Å². The molecule has 2 aromatic rings. The van der Waals surface area contributed by atoms with E-state index in [2.05, 4.69) is 21.2 Å². The van der Waals surface area contributed by atoms with Crippen LogP contribution >= 0.6 is 28.1 Å². The van der Waals surface area contributed by atoms with Crippen molar-refractivity contribution in [2.45, 2.75) is 0 Å². The lowest BCUT2D eigenvalue weighted by atomic mass is 10.2. The molecule has 0 bridgehead atoms. The van der Waals surface area contributed by atoms with Gasteiger partial charge in [-0.1, -0.05) is 12.2 Å². The number of nitrogens with one attached hydrogen (secondary N) is 1. The van der Waals surface area contributed by atoms with Gasteiger partial charge in [0, 0.05) is 16.9 Å². The zero-order valence-corrected chi connectivity index (χ0v) is 12.0. The summed E-state index contributed by atoms with van der Waals surface area (Å²) >= 11 is 7.81. The van der Waals surface area contributed by atoms with Gasteiger partial charge in [0.05, 0.1) is 4.47 Å². The van der Waals surface area contributed by atoms with E-state index in [4.69, 9.17) is 18.0 Å². The third kappa shape index (κ3) is 3.27. The van der Waals surface area contributed by atoms with E-state index in [1.54, 1.807) is 18.2 Å². The highest BCUT2D eigenvalue weighted by molar-refractivity contribution is 9.10. The molecule has 0 spiro atoms. The second-order valence-electron chi connectivity index (χ2n) is 3.81. The fourth-order valence-electron chi connectivity index (χ4n) is 1.53. The predicted molar refractivity (Wildman–Crippen MR) is 79.7 cm³/mol. The van der Waals surface area contributed by atoms with Crippen LogP contribution in [0, 0.1) is 11.6 Å². The van der Waals surface area contributed by atoms with Gasteiger partial charge < -0.3 is 11.1 Å². The van der Waals surface area contributed by atoms with Crippen molar-refractivity contribution in [3.05, 3.63) is 58.1 Å². The van der Waals surface area contributed by atoms with Gasteiger partial charge >= 0.3 is 0 Å². The lowest BCUT2D eigenvalue weighted by Gasteiger charge is -2.09. The first kappa shape index (κ1) is 13.9. The largest absolute Gasteiger partial charge is 0.389 e. The zero-order valence-electron chi connectivity index (χ0n) is 9.58. The quantitative estimate of drug-likeness (QED) is 0.824. The standard InChI is InChI=1S/C13H9BrF2N2S/c14-10-5-7(2-4-11(10)15)18-8-1-3-9(13(17)19)12(16)6-8/h1-6,18H,(H2,17,19). The van der Waals surface area contributed by atoms with E-state index >= 15 is 0 Å². The first-order chi connectivity index (χ1) is 8.97. The number of thiocarbonyl (C=S) groups is 1. The molecule has 0 aliphatic rings. The molecular weight excluding hydrogens is 334 g/mol. The summed E-state index contributed by atoms with van der Waals surface area (Å²) in [6.07, 6.45) is 0. The van der Waals surface area contributed by atoms with E-state index in [9.17, 15) is 8.78 Å². The summed E-state index contributed by atoms with van der Waals surface area (Å²) in [4.78, 5) is 0.00794. The molecule has 0 atom stereocenters. The van der Waals surface area contributed by atoms with E-state index in [0.717, 1.165) is 0 Å². The molecule has 2 aromatic carbocycles. The van der Waals surface area contributed by atoms with Gasteiger partial charge in [0.25, 0.3) is 0 Å². The molecule has 3 N–H and O–H groups in total. The summed E-state index contributed by atoms with van der Waals surface area (Å²) in [5, 5.41) is 2.96. The van der Waals surface area contributed by atoms with Gasteiger partial charge in [-0.3, -0.25) is 0 Å². The lowest BCUT2D eigenvalue weighted by molar-refractivity contribution is 0.621. The van der Waals surface area contributed by atoms with Crippen LogP contribution in [0.4, 0.5) is 20.2 Å². The van der Waals surface area contributed by atoms with Crippen molar-refractivity contribution in [1.82, 2.24) is 0 Å². The number of anilines is 2. The summed E-state index contributed by atoms with van der Waals surface area (Å²) < 4.78 is 27.1. The molecule has 0 aliphatic heterocycles. The van der Waals surface area contributed by atoms with Crippen molar-refractivity contribution in [3.8, 4) is 0 Å². The number of hydrogen-bond donors (Lipinski definition) is 2. The third-order valence-corrected chi connectivity index (χ3v) is 3.27. The summed E-state index contributed by atoms with van der Waals surface area (Å²) in [6.45, 7) is 0. The molecule has 0 saturated heterocycles. The second-order valence-corrected chi connectivity index (χ2v) is 5.11. The molecule has 0 amide bonds. The van der Waals surface area contributed by atoms with Crippen LogP contribution in [0.1, 0.15) is 5.56 Å². The average Bonchev–Trinajstić information content (AvgIpc) is 2.33. The summed E-state index contributed by atoms with van der Waals surface area (Å²) in [6, 6.07) is 8.86. The SMILES string of the molecule is NC(=S)c1ccc(Nc2ccc(F)c(Br)c2)cc1F. The van der Waals surface area contributed by atoms with Gasteiger partial charge in [-0.05, 0) is 52.3 Å². The first-order valence-electron chi connectivity index (χ1n) is 5.29. The highest BCUT2D eigenvalue weighted by Gasteiger charge is 2.07. The maximum atomic E-state index is 13.7. The maximum absolute atomic E-state index is 13.7. The number of hydrogen-bond acceptors (Lipinski definition) is 2. The number of benzene rings is 2. The van der Waals surface area contributed by atoms with Crippen molar-refractivity contribution < 1.29 is 8.78 Å². The normalized spacial score (nSPS) is 10.3. The molecular formula is C13H9BrF2N2S. The van der Waals surface area contributed by atoms with Crippen molar-refractivity contribution in [2.24, 2.45) is 5.73 Å². The van der Waals surface area contributed by atoms with Gasteiger partial charge in [0.15, 0.2) is 0 Å². The van der Waals surface area contributed by atoms with Crippen LogP contribution in [-0.2, 0) is 0 Å². The fraction of sp³-hybridized carbons (Fsp3) is 0. The Morgan fingerprint density at radius 2 is 1.68 bits per heavy atom. The predicted octanol–water partition coefficient (Wildman–Crippen LogP) is 4.11. The number of nitrogens with two attached hydrogens (primary N) is 1. The maximum Gasteiger partial charge on any atom is 0.137 e. The Morgan fingerprint density at radius 1 is 1.05 bits per heavy atom. The molecule has 6 heteroatoms. The van der Waals surface area contributed by atoms with E-state index in [0.29, 0.717) is 15.8 Å². The highest BCUT2D eigenvalue weighted by Crippen LogP contribution is 2.24. The molecule has 98 valence electrons. The van der Waals surface area contributed by atoms with Gasteiger partial charge in [0.1, 0.15) is 16.6 Å². The van der Waals surface area contributed by atoms with Gasteiger partial charge in [-0.25, -0.2) is 8.78 Å². The van der Waals surface area contributed by atoms with E-state index in [-0.39, 0.29) is 16.4 Å². The van der Waals surface area contributed by atoms with Crippen LogP contribution < -0.4 is 11.1 Å². The van der Waals surface area contributed by atoms with Gasteiger partial charge in [0.2, 0.25) is 0 Å². The molecule has 0 aliphatic carbocycles. The molecule has 19 heavy (non-hydrogen) atoms. The van der Waals surface area contributed by atoms with Crippen molar-refractivity contribution >= 4 is 44.5 Å². The Morgan fingerprint density at radius 3 is 2.26 bits per heavy atom. The van der Waals surface area contributed by atoms with Crippen LogP contribution in [0.2, 0.25) is 0 Å². The average molecular weight is 343 g/mol. The molecule has 2 nitrogen and oxygen atoms in total. The molecule has 0 unspecified atom stereocenters. The molecule has 0 saturated carbocycles. The summed E-state index contributed by atoms with van der Waals surface area (Å²) in [7, 11) is 0. The Bertz CT molecular complexity index is 647. The fourth-order valence-corrected chi connectivity index (χ4v) is 2.08. The van der Waals surface area contributed by atoms with Crippen LogP contribution in [-0.4, -0.2) is 4.99 Å². The van der Waals surface area contributed by atoms with Crippen LogP contribution in [0.3, 0.4) is 0 Å². The molecule has 0 heterocycles. The van der Waals surface area contributed by atoms with Crippen molar-refractivity contribution in [1.29, 1.82) is 0 Å². The zero-order chi connectivity index (χ0) is 14.0. The van der Waals surface area contributed by atoms with Crippen LogP contribution in [0.5, 0.6) is 0 Å². The van der Waals surface area contributed by atoms with Crippen molar-refractivity contribution in [3.63, 3.8) is 0 Å². The lowest BCUT2D eigenvalue weighted by Crippen LogP contribution is -2.11. The van der Waals surface area contributed by atoms with Crippen LogP contribution in [0.15, 0.2) is 40.9 Å². The summed E-state index contributed by atoms with van der Waals surface area (Å²) in [5.41, 5.74) is 6.73. The van der Waals surface area contributed by atoms with Gasteiger partial charge in [-0.15, -0.1) is 0 Å². The molecule has 0 aromatic heterocycles. The van der Waals surface area contributed by atoms with Gasteiger partial charge in [-0.2, -0.15) is 0 Å². The molecule has 0 radical (unpaired) electrons. The Balaban J connectivity index is 2.26. The van der Waals surface area contributed by atoms with E-state index < -0.39 is 5.82 Å².